The lowest BCUT2D eigenvalue weighted by Gasteiger charge is -2.13. The monoisotopic (exact) mass is 248 g/mol. The molecule has 0 saturated carbocycles. The molecule has 0 amide bonds. The molecule has 3 heteroatoms. The lowest BCUT2D eigenvalue weighted by atomic mass is 10.2. The molecule has 92 valence electrons. The van der Waals surface area contributed by atoms with Crippen LogP contribution in [-0.2, 0) is 0 Å². The number of fused-ring (bicyclic) bond motifs is 1. The van der Waals surface area contributed by atoms with Crippen molar-refractivity contribution in [3.05, 3.63) is 77.4 Å². The van der Waals surface area contributed by atoms with E-state index in [1.54, 1.807) is 12.1 Å². The molecule has 19 heavy (non-hydrogen) atoms. The summed E-state index contributed by atoms with van der Waals surface area (Å²) in [7, 11) is 0. The van der Waals surface area contributed by atoms with Crippen molar-refractivity contribution in [3.63, 3.8) is 0 Å². The van der Waals surface area contributed by atoms with Crippen LogP contribution in [0.5, 0.6) is 0 Å². The van der Waals surface area contributed by atoms with E-state index in [9.17, 15) is 4.79 Å². The highest BCUT2D eigenvalue weighted by Gasteiger charge is 2.09. The summed E-state index contributed by atoms with van der Waals surface area (Å²) in [6, 6.07) is 17.3. The first kappa shape index (κ1) is 11.4. The molecule has 0 spiro atoms. The summed E-state index contributed by atoms with van der Waals surface area (Å²) in [5.41, 5.74) is 1.57. The maximum atomic E-state index is 12.0. The summed E-state index contributed by atoms with van der Waals surface area (Å²) in [4.78, 5) is 16.1. The number of rotatable bonds is 2. The zero-order valence-electron chi connectivity index (χ0n) is 10.3. The molecule has 0 atom stereocenters. The van der Waals surface area contributed by atoms with E-state index in [4.69, 9.17) is 0 Å². The summed E-state index contributed by atoms with van der Waals surface area (Å²) in [5.74, 6) is 0.551. The van der Waals surface area contributed by atoms with Crippen molar-refractivity contribution in [2.75, 3.05) is 0 Å². The van der Waals surface area contributed by atoms with Crippen molar-refractivity contribution in [2.45, 2.75) is 0 Å². The Balaban J connectivity index is 2.49. The van der Waals surface area contributed by atoms with E-state index in [-0.39, 0.29) is 5.56 Å². The molecule has 3 nitrogen and oxygen atoms in total. The van der Waals surface area contributed by atoms with Crippen LogP contribution < -0.4 is 5.56 Å². The molecule has 0 radical (unpaired) electrons. The van der Waals surface area contributed by atoms with Crippen molar-refractivity contribution in [1.29, 1.82) is 0 Å². The normalized spacial score (nSPS) is 10.5. The Morgan fingerprint density at radius 2 is 1.68 bits per heavy atom. The Bertz CT molecular complexity index is 804. The fourth-order valence-electron chi connectivity index (χ4n) is 2.17. The Labute approximate surface area is 110 Å². The fraction of sp³-hybridized carbons (Fsp3) is 0. The molecule has 0 unspecified atom stereocenters. The van der Waals surface area contributed by atoms with Gasteiger partial charge in [0.15, 0.2) is 0 Å². The summed E-state index contributed by atoms with van der Waals surface area (Å²) < 4.78 is 1.93. The largest absolute Gasteiger partial charge is 0.294 e. The van der Waals surface area contributed by atoms with E-state index in [1.165, 1.54) is 0 Å². The summed E-state index contributed by atoms with van der Waals surface area (Å²) in [6.07, 6.45) is 1.60. The van der Waals surface area contributed by atoms with Crippen molar-refractivity contribution in [1.82, 2.24) is 9.55 Å². The highest BCUT2D eigenvalue weighted by Crippen LogP contribution is 2.18. The van der Waals surface area contributed by atoms with Crippen LogP contribution in [0.15, 0.2) is 66.0 Å². The Morgan fingerprint density at radius 3 is 2.42 bits per heavy atom. The third-order valence-electron chi connectivity index (χ3n) is 3.02. The molecule has 0 aliphatic heterocycles. The van der Waals surface area contributed by atoms with Gasteiger partial charge in [-0.3, -0.25) is 9.36 Å². The summed E-state index contributed by atoms with van der Waals surface area (Å²) >= 11 is 0. The van der Waals surface area contributed by atoms with E-state index in [0.717, 1.165) is 11.2 Å². The summed E-state index contributed by atoms with van der Waals surface area (Å²) in [6.45, 7) is 3.74. The molecule has 1 aromatic heterocycles. The van der Waals surface area contributed by atoms with Gasteiger partial charge in [-0.15, -0.1) is 0 Å². The number of hydrogen-bond acceptors (Lipinski definition) is 2. The van der Waals surface area contributed by atoms with E-state index in [1.807, 2.05) is 53.1 Å². The van der Waals surface area contributed by atoms with Gasteiger partial charge in [0.25, 0.3) is 5.56 Å². The zero-order valence-corrected chi connectivity index (χ0v) is 10.3. The first-order valence-corrected chi connectivity index (χ1v) is 6.01. The van der Waals surface area contributed by atoms with Crippen LogP contribution in [0.1, 0.15) is 5.82 Å². The van der Waals surface area contributed by atoms with Crippen LogP contribution in [0.25, 0.3) is 22.7 Å². The number of para-hydroxylation sites is 2. The number of nitrogens with zero attached hydrogens (tertiary/aromatic N) is 2. The van der Waals surface area contributed by atoms with Crippen molar-refractivity contribution in [3.8, 4) is 5.69 Å². The topological polar surface area (TPSA) is 34.9 Å². The second-order valence-corrected chi connectivity index (χ2v) is 4.17. The maximum absolute atomic E-state index is 12.0. The van der Waals surface area contributed by atoms with Gasteiger partial charge in [-0.1, -0.05) is 36.9 Å². The molecule has 0 N–H and O–H groups in total. The van der Waals surface area contributed by atoms with Crippen LogP contribution in [-0.4, -0.2) is 9.55 Å². The maximum Gasteiger partial charge on any atom is 0.281 e. The number of hydrogen-bond donors (Lipinski definition) is 0. The zero-order chi connectivity index (χ0) is 13.2. The number of aromatic nitrogens is 2. The van der Waals surface area contributed by atoms with Crippen molar-refractivity contribution >= 4 is 17.0 Å². The van der Waals surface area contributed by atoms with Crippen molar-refractivity contribution < 1.29 is 0 Å². The Morgan fingerprint density at radius 1 is 1.00 bits per heavy atom. The summed E-state index contributed by atoms with van der Waals surface area (Å²) in [5, 5.41) is 0.608. The SMILES string of the molecule is C=Cc1nc(=O)c2ccccc2n1-c1ccccc1. The van der Waals surface area contributed by atoms with Gasteiger partial charge in [0.1, 0.15) is 5.82 Å². The van der Waals surface area contributed by atoms with E-state index in [0.29, 0.717) is 11.2 Å². The minimum Gasteiger partial charge on any atom is -0.294 e. The third-order valence-corrected chi connectivity index (χ3v) is 3.02. The molecule has 3 aromatic rings. The molecule has 2 aromatic carbocycles. The van der Waals surface area contributed by atoms with Crippen LogP contribution in [0.2, 0.25) is 0 Å². The van der Waals surface area contributed by atoms with Crippen LogP contribution in [0, 0.1) is 0 Å². The predicted octanol–water partition coefficient (Wildman–Crippen LogP) is 3.03. The van der Waals surface area contributed by atoms with E-state index >= 15 is 0 Å². The quantitative estimate of drug-likeness (QED) is 0.698. The molecule has 0 fully saturated rings. The highest BCUT2D eigenvalue weighted by atomic mass is 16.1. The van der Waals surface area contributed by atoms with Gasteiger partial charge in [-0.2, -0.15) is 4.98 Å². The molecular weight excluding hydrogens is 236 g/mol. The lowest BCUT2D eigenvalue weighted by Crippen LogP contribution is -2.15. The van der Waals surface area contributed by atoms with Gasteiger partial charge in [-0.05, 0) is 30.3 Å². The molecule has 3 rings (SSSR count). The molecule has 0 aliphatic carbocycles. The Kier molecular flexibility index (Phi) is 2.72. The highest BCUT2D eigenvalue weighted by molar-refractivity contribution is 5.80. The van der Waals surface area contributed by atoms with Gasteiger partial charge in [-0.25, -0.2) is 0 Å². The molecule has 0 saturated heterocycles. The van der Waals surface area contributed by atoms with Gasteiger partial charge in [0.05, 0.1) is 10.9 Å². The fourth-order valence-corrected chi connectivity index (χ4v) is 2.17. The first-order valence-electron chi connectivity index (χ1n) is 6.01. The van der Waals surface area contributed by atoms with E-state index < -0.39 is 0 Å². The van der Waals surface area contributed by atoms with Gasteiger partial charge < -0.3 is 0 Å². The van der Waals surface area contributed by atoms with E-state index in [2.05, 4.69) is 11.6 Å². The molecular formula is C16H12N2O. The number of benzene rings is 2. The molecule has 0 aliphatic rings. The standard InChI is InChI=1S/C16H12N2O/c1-2-15-17-16(19)13-10-6-7-11-14(13)18(15)12-8-4-3-5-9-12/h2-11H,1H2. The first-order chi connectivity index (χ1) is 9.31. The van der Waals surface area contributed by atoms with Crippen LogP contribution >= 0.6 is 0 Å². The van der Waals surface area contributed by atoms with Crippen LogP contribution in [0.3, 0.4) is 0 Å². The molecule has 1 heterocycles. The second kappa shape index (κ2) is 4.53. The van der Waals surface area contributed by atoms with Gasteiger partial charge >= 0.3 is 0 Å². The third kappa shape index (κ3) is 1.85. The minimum atomic E-state index is -0.224. The second-order valence-electron chi connectivity index (χ2n) is 4.17. The minimum absolute atomic E-state index is 0.224. The average molecular weight is 248 g/mol. The van der Waals surface area contributed by atoms with Crippen LogP contribution in [0.4, 0.5) is 0 Å². The Hall–Kier alpha value is -2.68. The van der Waals surface area contributed by atoms with Gasteiger partial charge in [0, 0.05) is 5.69 Å². The van der Waals surface area contributed by atoms with Crippen molar-refractivity contribution in [2.24, 2.45) is 0 Å². The lowest BCUT2D eigenvalue weighted by molar-refractivity contribution is 0.992. The molecule has 0 bridgehead atoms. The smallest absolute Gasteiger partial charge is 0.281 e. The predicted molar refractivity (Wildman–Crippen MR) is 77.4 cm³/mol. The average Bonchev–Trinajstić information content (AvgIpc) is 2.48. The van der Waals surface area contributed by atoms with Gasteiger partial charge in [0.2, 0.25) is 0 Å².